The number of hydrogen-bond acceptors (Lipinski definition) is 2. The first kappa shape index (κ1) is 12.5. The summed E-state index contributed by atoms with van der Waals surface area (Å²) in [7, 11) is 0. The molecule has 90 valence electrons. The van der Waals surface area contributed by atoms with E-state index in [0.29, 0.717) is 22.7 Å². The van der Waals surface area contributed by atoms with Gasteiger partial charge in [-0.1, -0.05) is 29.8 Å². The van der Waals surface area contributed by atoms with E-state index >= 15 is 0 Å². The Bertz CT molecular complexity index is 627. The largest absolute Gasteiger partial charge is 0.398 e. The van der Waals surface area contributed by atoms with Crippen LogP contribution in [0.4, 0.5) is 5.69 Å². The second kappa shape index (κ2) is 5.12. The van der Waals surface area contributed by atoms with E-state index in [1.54, 1.807) is 6.07 Å². The highest BCUT2D eigenvalue weighted by molar-refractivity contribution is 6.33. The molecular formula is C15H13ClN2. The molecule has 0 atom stereocenters. The van der Waals surface area contributed by atoms with Crippen LogP contribution >= 0.6 is 11.6 Å². The van der Waals surface area contributed by atoms with Crippen LogP contribution in [0.1, 0.15) is 22.3 Å². The third kappa shape index (κ3) is 2.64. The number of halogens is 1. The summed E-state index contributed by atoms with van der Waals surface area (Å²) in [5.74, 6) is 0. The van der Waals surface area contributed by atoms with Crippen molar-refractivity contribution < 1.29 is 0 Å². The SMILES string of the molecule is Cc1cc(N)c(Cl)c(Cc2cccc(C#N)c2)c1. The predicted octanol–water partition coefficient (Wildman–Crippen LogP) is 3.69. The Kier molecular flexibility index (Phi) is 3.55. The number of rotatable bonds is 2. The van der Waals surface area contributed by atoms with Gasteiger partial charge in [0.2, 0.25) is 0 Å². The first-order valence-corrected chi connectivity index (χ1v) is 6.01. The summed E-state index contributed by atoms with van der Waals surface area (Å²) in [5.41, 5.74) is 10.2. The van der Waals surface area contributed by atoms with Crippen LogP contribution in [0.3, 0.4) is 0 Å². The van der Waals surface area contributed by atoms with Crippen LogP contribution in [0.2, 0.25) is 5.02 Å². The van der Waals surface area contributed by atoms with Crippen molar-refractivity contribution in [2.75, 3.05) is 5.73 Å². The van der Waals surface area contributed by atoms with Crippen LogP contribution in [0.25, 0.3) is 0 Å². The van der Waals surface area contributed by atoms with E-state index in [4.69, 9.17) is 22.6 Å². The van der Waals surface area contributed by atoms with Gasteiger partial charge in [-0.25, -0.2) is 0 Å². The van der Waals surface area contributed by atoms with E-state index in [0.717, 1.165) is 16.7 Å². The fourth-order valence-corrected chi connectivity index (χ4v) is 2.15. The average molecular weight is 257 g/mol. The lowest BCUT2D eigenvalue weighted by Gasteiger charge is -2.09. The second-order valence-corrected chi connectivity index (χ2v) is 4.69. The smallest absolute Gasteiger partial charge is 0.0991 e. The Morgan fingerprint density at radius 1 is 1.28 bits per heavy atom. The van der Waals surface area contributed by atoms with Crippen molar-refractivity contribution in [1.82, 2.24) is 0 Å². The van der Waals surface area contributed by atoms with E-state index in [1.165, 1.54) is 0 Å². The topological polar surface area (TPSA) is 49.8 Å². The third-order valence-electron chi connectivity index (χ3n) is 2.77. The lowest BCUT2D eigenvalue weighted by molar-refractivity contribution is 1.18. The van der Waals surface area contributed by atoms with Crippen LogP contribution in [0, 0.1) is 18.3 Å². The summed E-state index contributed by atoms with van der Waals surface area (Å²) in [5, 5.41) is 9.47. The number of benzene rings is 2. The Morgan fingerprint density at radius 2 is 2.06 bits per heavy atom. The molecule has 18 heavy (non-hydrogen) atoms. The molecule has 0 aromatic heterocycles. The zero-order valence-corrected chi connectivity index (χ0v) is 10.8. The molecule has 0 spiro atoms. The quantitative estimate of drug-likeness (QED) is 0.833. The highest BCUT2D eigenvalue weighted by Crippen LogP contribution is 2.27. The van der Waals surface area contributed by atoms with Crippen LogP contribution in [-0.2, 0) is 6.42 Å². The fourth-order valence-electron chi connectivity index (χ4n) is 1.97. The molecule has 2 aromatic rings. The number of nitrogens with zero attached hydrogens (tertiary/aromatic N) is 1. The van der Waals surface area contributed by atoms with E-state index in [2.05, 4.69) is 6.07 Å². The van der Waals surface area contributed by atoms with Crippen molar-refractivity contribution in [1.29, 1.82) is 5.26 Å². The van der Waals surface area contributed by atoms with Gasteiger partial charge < -0.3 is 5.73 Å². The van der Waals surface area contributed by atoms with Crippen LogP contribution in [0.5, 0.6) is 0 Å². The highest BCUT2D eigenvalue weighted by atomic mass is 35.5. The van der Waals surface area contributed by atoms with Gasteiger partial charge in [0, 0.05) is 0 Å². The molecule has 0 saturated carbocycles. The molecule has 0 radical (unpaired) electrons. The molecule has 2 rings (SSSR count). The zero-order chi connectivity index (χ0) is 13.1. The lowest BCUT2D eigenvalue weighted by Crippen LogP contribution is -1.96. The molecule has 0 aliphatic rings. The molecule has 2 N–H and O–H groups in total. The molecule has 0 amide bonds. The van der Waals surface area contributed by atoms with E-state index in [-0.39, 0.29) is 0 Å². The fraction of sp³-hybridized carbons (Fsp3) is 0.133. The first-order valence-electron chi connectivity index (χ1n) is 5.63. The van der Waals surface area contributed by atoms with Crippen molar-refractivity contribution >= 4 is 17.3 Å². The Balaban J connectivity index is 2.37. The van der Waals surface area contributed by atoms with Gasteiger partial charge in [0.05, 0.1) is 22.3 Å². The molecule has 0 fully saturated rings. The van der Waals surface area contributed by atoms with E-state index in [1.807, 2.05) is 37.3 Å². The number of nitriles is 1. The van der Waals surface area contributed by atoms with Crippen molar-refractivity contribution in [2.24, 2.45) is 0 Å². The van der Waals surface area contributed by atoms with Crippen LogP contribution in [0.15, 0.2) is 36.4 Å². The Hall–Kier alpha value is -1.98. The summed E-state index contributed by atoms with van der Waals surface area (Å²) in [6.45, 7) is 1.99. The van der Waals surface area contributed by atoms with Crippen molar-refractivity contribution in [3.05, 3.63) is 63.7 Å². The van der Waals surface area contributed by atoms with Gasteiger partial charge in [0.25, 0.3) is 0 Å². The maximum Gasteiger partial charge on any atom is 0.0991 e. The van der Waals surface area contributed by atoms with Crippen molar-refractivity contribution in [2.45, 2.75) is 13.3 Å². The minimum absolute atomic E-state index is 0.600. The monoisotopic (exact) mass is 256 g/mol. The van der Waals surface area contributed by atoms with Gasteiger partial charge in [0.15, 0.2) is 0 Å². The Labute approximate surface area is 112 Å². The molecule has 0 heterocycles. The van der Waals surface area contributed by atoms with Gasteiger partial charge in [-0.3, -0.25) is 0 Å². The molecule has 2 aromatic carbocycles. The lowest BCUT2D eigenvalue weighted by atomic mass is 10.0. The first-order chi connectivity index (χ1) is 8.60. The van der Waals surface area contributed by atoms with Gasteiger partial charge in [-0.2, -0.15) is 5.26 Å². The van der Waals surface area contributed by atoms with Gasteiger partial charge >= 0.3 is 0 Å². The number of nitrogen functional groups attached to an aromatic ring is 1. The second-order valence-electron chi connectivity index (χ2n) is 4.32. The summed E-state index contributed by atoms with van der Waals surface area (Å²) in [4.78, 5) is 0. The van der Waals surface area contributed by atoms with Crippen molar-refractivity contribution in [3.63, 3.8) is 0 Å². The van der Waals surface area contributed by atoms with Crippen LogP contribution in [-0.4, -0.2) is 0 Å². The molecule has 3 heteroatoms. The number of nitrogens with two attached hydrogens (primary N) is 1. The molecule has 0 unspecified atom stereocenters. The summed E-state index contributed by atoms with van der Waals surface area (Å²) in [6.07, 6.45) is 0.681. The van der Waals surface area contributed by atoms with Gasteiger partial charge in [0.1, 0.15) is 0 Å². The standard InChI is InChI=1S/C15H13ClN2/c1-10-5-13(15(16)14(18)6-10)8-11-3-2-4-12(7-11)9-17/h2-7H,8,18H2,1H3. The maximum atomic E-state index is 8.87. The molecule has 0 aliphatic heterocycles. The van der Waals surface area contributed by atoms with E-state index < -0.39 is 0 Å². The minimum Gasteiger partial charge on any atom is -0.398 e. The zero-order valence-electron chi connectivity index (χ0n) is 10.1. The van der Waals surface area contributed by atoms with Crippen molar-refractivity contribution in [3.8, 4) is 6.07 Å². The molecule has 0 bridgehead atoms. The van der Waals surface area contributed by atoms with Gasteiger partial charge in [-0.05, 0) is 48.2 Å². The van der Waals surface area contributed by atoms with Crippen LogP contribution < -0.4 is 5.73 Å². The average Bonchev–Trinajstić information content (AvgIpc) is 2.35. The normalized spacial score (nSPS) is 10.1. The van der Waals surface area contributed by atoms with Gasteiger partial charge in [-0.15, -0.1) is 0 Å². The molecule has 2 nitrogen and oxygen atoms in total. The number of anilines is 1. The van der Waals surface area contributed by atoms with E-state index in [9.17, 15) is 0 Å². The molecular weight excluding hydrogens is 244 g/mol. The Morgan fingerprint density at radius 3 is 2.78 bits per heavy atom. The summed E-state index contributed by atoms with van der Waals surface area (Å²) >= 11 is 6.20. The number of hydrogen-bond donors (Lipinski definition) is 1. The summed E-state index contributed by atoms with van der Waals surface area (Å²) < 4.78 is 0. The summed E-state index contributed by atoms with van der Waals surface area (Å²) in [6, 6.07) is 13.5. The third-order valence-corrected chi connectivity index (χ3v) is 3.23. The maximum absolute atomic E-state index is 8.87. The highest BCUT2D eigenvalue weighted by Gasteiger charge is 2.06. The predicted molar refractivity (Wildman–Crippen MR) is 74.6 cm³/mol. The number of aryl methyl sites for hydroxylation is 1. The minimum atomic E-state index is 0.600. The molecule has 0 aliphatic carbocycles. The molecule has 0 saturated heterocycles.